The van der Waals surface area contributed by atoms with Crippen LogP contribution in [0.25, 0.3) is 0 Å². The number of carbonyl (C=O) groups is 1. The molecule has 2 aliphatic rings. The third kappa shape index (κ3) is 3.93. The monoisotopic (exact) mass is 269 g/mol. The van der Waals surface area contributed by atoms with Gasteiger partial charge in [0.1, 0.15) is 5.54 Å². The van der Waals surface area contributed by atoms with Crippen molar-refractivity contribution in [2.24, 2.45) is 5.92 Å². The van der Waals surface area contributed by atoms with Gasteiger partial charge < -0.3 is 9.47 Å². The summed E-state index contributed by atoms with van der Waals surface area (Å²) in [7, 11) is 1.48. The van der Waals surface area contributed by atoms with Crippen LogP contribution >= 0.6 is 0 Å². The van der Waals surface area contributed by atoms with Crippen LogP contribution in [-0.2, 0) is 14.3 Å². The highest BCUT2D eigenvalue weighted by atomic mass is 16.5. The lowest BCUT2D eigenvalue weighted by atomic mass is 9.94. The summed E-state index contributed by atoms with van der Waals surface area (Å²) in [6.45, 7) is 3.38. The van der Waals surface area contributed by atoms with Crippen LogP contribution in [0.15, 0.2) is 0 Å². The second-order valence-electron chi connectivity index (χ2n) is 5.92. The average molecular weight is 269 g/mol. The Hall–Kier alpha value is -0.610. The Labute approximate surface area is 116 Å². The first kappa shape index (κ1) is 14.8. The fourth-order valence-corrected chi connectivity index (χ4v) is 2.60. The van der Waals surface area contributed by atoms with E-state index in [0.29, 0.717) is 18.6 Å². The number of ether oxygens (including phenoxy) is 2. The summed E-state index contributed by atoms with van der Waals surface area (Å²) in [4.78, 5) is 12.2. The highest BCUT2D eigenvalue weighted by Crippen LogP contribution is 2.42. The minimum atomic E-state index is -0.581. The quantitative estimate of drug-likeness (QED) is 0.488. The van der Waals surface area contributed by atoms with E-state index in [1.807, 2.05) is 0 Å². The summed E-state index contributed by atoms with van der Waals surface area (Å²) in [5, 5.41) is 3.51. The zero-order chi connectivity index (χ0) is 13.7. The zero-order valence-electron chi connectivity index (χ0n) is 12.2. The highest BCUT2D eigenvalue weighted by molar-refractivity contribution is 5.82. The molecule has 2 fully saturated rings. The van der Waals surface area contributed by atoms with E-state index in [9.17, 15) is 4.79 Å². The van der Waals surface area contributed by atoms with Gasteiger partial charge in [-0.15, -0.1) is 0 Å². The highest BCUT2D eigenvalue weighted by Gasteiger charge is 2.54. The molecule has 0 heterocycles. The predicted molar refractivity (Wildman–Crippen MR) is 74.0 cm³/mol. The number of hydrogen-bond acceptors (Lipinski definition) is 4. The van der Waals surface area contributed by atoms with Crippen molar-refractivity contribution in [1.29, 1.82) is 0 Å². The lowest BCUT2D eigenvalue weighted by Gasteiger charge is -2.32. The molecule has 110 valence electrons. The van der Waals surface area contributed by atoms with Crippen LogP contribution in [0.5, 0.6) is 0 Å². The molecule has 0 aromatic carbocycles. The normalized spacial score (nSPS) is 22.0. The lowest BCUT2D eigenvalue weighted by Crippen LogP contribution is -2.59. The van der Waals surface area contributed by atoms with Gasteiger partial charge in [0.15, 0.2) is 0 Å². The van der Waals surface area contributed by atoms with Gasteiger partial charge >= 0.3 is 5.97 Å². The van der Waals surface area contributed by atoms with Crippen LogP contribution in [0, 0.1) is 5.92 Å². The van der Waals surface area contributed by atoms with Gasteiger partial charge in [-0.2, -0.15) is 0 Å². The van der Waals surface area contributed by atoms with Crippen LogP contribution < -0.4 is 5.32 Å². The van der Waals surface area contributed by atoms with Gasteiger partial charge in [0.2, 0.25) is 0 Å². The van der Waals surface area contributed by atoms with E-state index in [4.69, 9.17) is 9.47 Å². The second kappa shape index (κ2) is 6.71. The molecule has 1 atom stereocenters. The molecule has 0 aromatic rings. The SMILES string of the molecule is CCCCCOCC(NC1CC1)(C(=O)OC)C1CC1. The van der Waals surface area contributed by atoms with Crippen LogP contribution in [-0.4, -0.2) is 37.9 Å². The maximum absolute atomic E-state index is 12.2. The van der Waals surface area contributed by atoms with Crippen molar-refractivity contribution in [3.63, 3.8) is 0 Å². The summed E-state index contributed by atoms with van der Waals surface area (Å²) < 4.78 is 10.8. The van der Waals surface area contributed by atoms with Crippen molar-refractivity contribution in [2.75, 3.05) is 20.3 Å². The van der Waals surface area contributed by atoms with Gasteiger partial charge in [0.05, 0.1) is 13.7 Å². The number of nitrogens with one attached hydrogen (secondary N) is 1. The van der Waals surface area contributed by atoms with Crippen molar-refractivity contribution in [3.8, 4) is 0 Å². The standard InChI is InChI=1S/C15H27NO3/c1-3-4-5-10-19-11-15(12-6-7-12,14(17)18-2)16-13-8-9-13/h12-13,16H,3-11H2,1-2H3. The Bertz CT molecular complexity index is 300. The maximum atomic E-state index is 12.2. The smallest absolute Gasteiger partial charge is 0.328 e. The van der Waals surface area contributed by atoms with Gasteiger partial charge in [-0.3, -0.25) is 5.32 Å². The fraction of sp³-hybridized carbons (Fsp3) is 0.933. The van der Waals surface area contributed by atoms with Crippen LogP contribution in [0.2, 0.25) is 0 Å². The van der Waals surface area contributed by atoms with Crippen LogP contribution in [0.4, 0.5) is 0 Å². The number of carbonyl (C=O) groups excluding carboxylic acids is 1. The molecule has 0 radical (unpaired) electrons. The third-order valence-electron chi connectivity index (χ3n) is 4.08. The van der Waals surface area contributed by atoms with E-state index < -0.39 is 5.54 Å². The molecular formula is C15H27NO3. The molecule has 1 unspecified atom stereocenters. The van der Waals surface area contributed by atoms with Crippen LogP contribution in [0.3, 0.4) is 0 Å². The summed E-state index contributed by atoms with van der Waals surface area (Å²) in [5.41, 5.74) is -0.581. The number of hydrogen-bond donors (Lipinski definition) is 1. The molecule has 0 aliphatic heterocycles. The molecule has 0 bridgehead atoms. The third-order valence-corrected chi connectivity index (χ3v) is 4.08. The van der Waals surface area contributed by atoms with E-state index in [2.05, 4.69) is 12.2 Å². The largest absolute Gasteiger partial charge is 0.468 e. The van der Waals surface area contributed by atoms with Gasteiger partial charge in [-0.1, -0.05) is 19.8 Å². The van der Waals surface area contributed by atoms with Crippen LogP contribution in [0.1, 0.15) is 51.9 Å². The molecule has 2 aliphatic carbocycles. The van der Waals surface area contributed by atoms with Crippen molar-refractivity contribution >= 4 is 5.97 Å². The molecule has 19 heavy (non-hydrogen) atoms. The first-order valence-corrected chi connectivity index (χ1v) is 7.66. The number of rotatable bonds is 10. The maximum Gasteiger partial charge on any atom is 0.328 e. The van der Waals surface area contributed by atoms with Crippen molar-refractivity contribution in [1.82, 2.24) is 5.32 Å². The molecule has 0 saturated heterocycles. The Kier molecular flexibility index (Phi) is 5.22. The lowest BCUT2D eigenvalue weighted by molar-refractivity contribution is -0.153. The van der Waals surface area contributed by atoms with E-state index in [1.54, 1.807) is 0 Å². The summed E-state index contributed by atoms with van der Waals surface area (Å²) >= 11 is 0. The molecule has 4 nitrogen and oxygen atoms in total. The van der Waals surface area contributed by atoms with Gasteiger partial charge in [0.25, 0.3) is 0 Å². The van der Waals surface area contributed by atoms with Crippen molar-refractivity contribution < 1.29 is 14.3 Å². The van der Waals surface area contributed by atoms with E-state index in [-0.39, 0.29) is 5.97 Å². The molecule has 2 rings (SSSR count). The van der Waals surface area contributed by atoms with E-state index in [1.165, 1.54) is 32.8 Å². The molecule has 1 N–H and O–H groups in total. The summed E-state index contributed by atoms with van der Waals surface area (Å²) in [6, 6.07) is 0.485. The first-order valence-electron chi connectivity index (χ1n) is 7.66. The Morgan fingerprint density at radius 2 is 2.00 bits per heavy atom. The number of methoxy groups -OCH3 is 1. The fourth-order valence-electron chi connectivity index (χ4n) is 2.60. The number of esters is 1. The number of unbranched alkanes of at least 4 members (excludes halogenated alkanes) is 2. The minimum Gasteiger partial charge on any atom is -0.468 e. The van der Waals surface area contributed by atoms with Gasteiger partial charge in [0, 0.05) is 12.6 Å². The Morgan fingerprint density at radius 1 is 1.26 bits per heavy atom. The average Bonchev–Trinajstić information content (AvgIpc) is 3.28. The molecular weight excluding hydrogens is 242 g/mol. The van der Waals surface area contributed by atoms with Gasteiger partial charge in [-0.25, -0.2) is 4.79 Å². The van der Waals surface area contributed by atoms with Gasteiger partial charge in [-0.05, 0) is 38.0 Å². The first-order chi connectivity index (χ1) is 9.23. The van der Waals surface area contributed by atoms with E-state index >= 15 is 0 Å². The predicted octanol–water partition coefficient (Wildman–Crippen LogP) is 2.27. The van der Waals surface area contributed by atoms with Crippen molar-refractivity contribution in [3.05, 3.63) is 0 Å². The van der Waals surface area contributed by atoms with E-state index in [0.717, 1.165) is 25.9 Å². The molecule has 0 amide bonds. The molecule has 0 aromatic heterocycles. The minimum absolute atomic E-state index is 0.141. The Morgan fingerprint density at radius 3 is 2.53 bits per heavy atom. The molecule has 4 heteroatoms. The molecule has 0 spiro atoms. The van der Waals surface area contributed by atoms with Crippen molar-refractivity contribution in [2.45, 2.75) is 63.5 Å². The zero-order valence-corrected chi connectivity index (χ0v) is 12.2. The summed E-state index contributed by atoms with van der Waals surface area (Å²) in [6.07, 6.45) is 7.99. The Balaban J connectivity index is 1.89. The topological polar surface area (TPSA) is 47.6 Å². The molecule has 2 saturated carbocycles. The summed E-state index contributed by atoms with van der Waals surface area (Å²) in [5.74, 6) is 0.254. The second-order valence-corrected chi connectivity index (χ2v) is 5.92.